The molecule has 0 aliphatic rings. The van der Waals surface area contributed by atoms with Gasteiger partial charge in [-0.1, -0.05) is 29.1 Å². The minimum atomic E-state index is -0.320. The highest BCUT2D eigenvalue weighted by Crippen LogP contribution is 2.22. The Balaban J connectivity index is 2.07. The van der Waals surface area contributed by atoms with E-state index in [1.165, 1.54) is 22.2 Å². The fraction of sp³-hybridized carbons (Fsp3) is 0.231. The van der Waals surface area contributed by atoms with Gasteiger partial charge in [-0.3, -0.25) is 4.79 Å². The lowest BCUT2D eigenvalue weighted by Gasteiger charge is -2.08. The molecule has 2 aromatic rings. The third-order valence-electron chi connectivity index (χ3n) is 2.54. The van der Waals surface area contributed by atoms with Crippen molar-refractivity contribution in [2.45, 2.75) is 13.0 Å². The van der Waals surface area contributed by atoms with Crippen LogP contribution in [-0.2, 0) is 13.0 Å². The number of terminal acetylenes is 1. The molecule has 0 aliphatic heterocycles. The molecule has 0 fully saturated rings. The van der Waals surface area contributed by atoms with Crippen molar-refractivity contribution < 1.29 is 0 Å². The predicted molar refractivity (Wildman–Crippen MR) is 83.9 cm³/mol. The minimum Gasteiger partial charge on any atom is -0.379 e. The van der Waals surface area contributed by atoms with Crippen LogP contribution < -0.4 is 10.9 Å². The largest absolute Gasteiger partial charge is 0.379 e. The zero-order chi connectivity index (χ0) is 14.5. The van der Waals surface area contributed by atoms with Crippen LogP contribution in [0.4, 0.5) is 5.69 Å². The molecule has 0 aliphatic carbocycles. The molecule has 0 aromatic carbocycles. The summed E-state index contributed by atoms with van der Waals surface area (Å²) in [4.78, 5) is 13.2. The van der Waals surface area contributed by atoms with Gasteiger partial charge in [-0.25, -0.2) is 4.68 Å². The maximum absolute atomic E-state index is 12.1. The van der Waals surface area contributed by atoms with Crippen molar-refractivity contribution in [1.82, 2.24) is 9.78 Å². The zero-order valence-electron chi connectivity index (χ0n) is 10.4. The summed E-state index contributed by atoms with van der Waals surface area (Å²) < 4.78 is 1.94. The van der Waals surface area contributed by atoms with Crippen molar-refractivity contribution in [3.63, 3.8) is 0 Å². The topological polar surface area (TPSA) is 46.9 Å². The van der Waals surface area contributed by atoms with E-state index >= 15 is 0 Å². The molecule has 2 aromatic heterocycles. The summed E-state index contributed by atoms with van der Waals surface area (Å²) in [6.45, 7) is 0.692. The lowest BCUT2D eigenvalue weighted by atomic mass is 10.3. The summed E-state index contributed by atoms with van der Waals surface area (Å²) in [6, 6.07) is 3.81. The van der Waals surface area contributed by atoms with E-state index in [2.05, 4.69) is 16.3 Å². The molecule has 0 atom stereocenters. The Morgan fingerprint density at radius 3 is 2.90 bits per heavy atom. The van der Waals surface area contributed by atoms with Gasteiger partial charge in [0.2, 0.25) is 0 Å². The van der Waals surface area contributed by atoms with E-state index in [-0.39, 0.29) is 17.1 Å². The van der Waals surface area contributed by atoms with E-state index in [0.29, 0.717) is 12.2 Å². The Bertz CT molecular complexity index is 702. The quantitative estimate of drug-likeness (QED) is 0.859. The van der Waals surface area contributed by atoms with Crippen molar-refractivity contribution in [1.29, 1.82) is 0 Å². The molecule has 0 spiro atoms. The third-order valence-corrected chi connectivity index (χ3v) is 4.12. The normalized spacial score (nSPS) is 10.2. The van der Waals surface area contributed by atoms with Crippen LogP contribution in [0.15, 0.2) is 23.1 Å². The third kappa shape index (κ3) is 3.54. The van der Waals surface area contributed by atoms with Crippen molar-refractivity contribution in [2.24, 2.45) is 0 Å². The number of thiophene rings is 1. The molecule has 20 heavy (non-hydrogen) atoms. The van der Waals surface area contributed by atoms with E-state index in [0.717, 1.165) is 15.6 Å². The summed E-state index contributed by atoms with van der Waals surface area (Å²) in [7, 11) is 0. The predicted octanol–water partition coefficient (Wildman–Crippen LogP) is 2.90. The van der Waals surface area contributed by atoms with Crippen molar-refractivity contribution in [3.05, 3.63) is 42.9 Å². The summed E-state index contributed by atoms with van der Waals surface area (Å²) >= 11 is 13.4. The second-order valence-electron chi connectivity index (χ2n) is 3.92. The molecule has 2 rings (SSSR count). The van der Waals surface area contributed by atoms with Crippen molar-refractivity contribution in [2.75, 3.05) is 11.9 Å². The van der Waals surface area contributed by atoms with Crippen LogP contribution in [0, 0.1) is 12.3 Å². The van der Waals surface area contributed by atoms with Crippen molar-refractivity contribution in [3.8, 4) is 12.3 Å². The smallest absolute Gasteiger partial charge is 0.292 e. The van der Waals surface area contributed by atoms with Gasteiger partial charge in [0.1, 0.15) is 12.2 Å². The van der Waals surface area contributed by atoms with Crippen LogP contribution >= 0.6 is 34.5 Å². The lowest BCUT2D eigenvalue weighted by molar-refractivity contribution is 0.664. The fourth-order valence-corrected chi connectivity index (χ4v) is 2.90. The first kappa shape index (κ1) is 14.9. The SMILES string of the molecule is C#CCn1ncc(Cl)c(NCCc2ccc(Cl)s2)c1=O. The number of nitrogens with zero attached hydrogens (tertiary/aromatic N) is 2. The molecule has 0 unspecified atom stereocenters. The standard InChI is InChI=1S/C13H11Cl2N3OS/c1-2-7-18-13(19)12(10(14)8-17-18)16-6-5-9-3-4-11(15)20-9/h1,3-4,8,16H,5-7H2. The van der Waals surface area contributed by atoms with Gasteiger partial charge in [0.05, 0.1) is 15.6 Å². The number of hydrogen-bond donors (Lipinski definition) is 1. The number of anilines is 1. The summed E-state index contributed by atoms with van der Waals surface area (Å²) in [5, 5.41) is 7.18. The fourth-order valence-electron chi connectivity index (χ4n) is 1.62. The molecular weight excluding hydrogens is 317 g/mol. The number of nitrogens with one attached hydrogen (secondary N) is 1. The van der Waals surface area contributed by atoms with E-state index < -0.39 is 0 Å². The van der Waals surface area contributed by atoms with E-state index in [1.54, 1.807) is 0 Å². The summed E-state index contributed by atoms with van der Waals surface area (Å²) in [5.41, 5.74) is -0.000711. The molecule has 1 N–H and O–H groups in total. The van der Waals surface area contributed by atoms with Crippen LogP contribution in [0.5, 0.6) is 0 Å². The maximum atomic E-state index is 12.1. The van der Waals surface area contributed by atoms with Gasteiger partial charge in [0.15, 0.2) is 0 Å². The Morgan fingerprint density at radius 2 is 2.25 bits per heavy atom. The monoisotopic (exact) mass is 327 g/mol. The van der Waals surface area contributed by atoms with Gasteiger partial charge in [-0.2, -0.15) is 5.10 Å². The van der Waals surface area contributed by atoms with Gasteiger partial charge in [-0.05, 0) is 18.6 Å². The molecule has 7 heteroatoms. The van der Waals surface area contributed by atoms with Crippen molar-refractivity contribution >= 4 is 40.2 Å². The lowest BCUT2D eigenvalue weighted by Crippen LogP contribution is -2.26. The molecular formula is C13H11Cl2N3OS. The molecule has 0 saturated heterocycles. The highest BCUT2D eigenvalue weighted by Gasteiger charge is 2.09. The Labute approximate surface area is 130 Å². The molecule has 0 radical (unpaired) electrons. The Kier molecular flexibility index (Phi) is 5.07. The summed E-state index contributed by atoms with van der Waals surface area (Å²) in [5.74, 6) is 2.37. The zero-order valence-corrected chi connectivity index (χ0v) is 12.7. The first-order chi connectivity index (χ1) is 9.61. The minimum absolute atomic E-state index is 0.116. The average molecular weight is 328 g/mol. The Hall–Kier alpha value is -1.48. The molecule has 104 valence electrons. The average Bonchev–Trinajstić information content (AvgIpc) is 2.83. The van der Waals surface area contributed by atoms with Crippen LogP contribution in [0.2, 0.25) is 9.36 Å². The number of rotatable bonds is 5. The van der Waals surface area contributed by atoms with Gasteiger partial charge < -0.3 is 5.32 Å². The molecule has 0 amide bonds. The first-order valence-electron chi connectivity index (χ1n) is 5.79. The van der Waals surface area contributed by atoms with Gasteiger partial charge in [0, 0.05) is 11.4 Å². The van der Waals surface area contributed by atoms with Gasteiger partial charge in [-0.15, -0.1) is 17.8 Å². The van der Waals surface area contributed by atoms with Gasteiger partial charge >= 0.3 is 0 Å². The van der Waals surface area contributed by atoms with Crippen LogP contribution in [-0.4, -0.2) is 16.3 Å². The highest BCUT2D eigenvalue weighted by molar-refractivity contribution is 7.16. The van der Waals surface area contributed by atoms with Crippen LogP contribution in [0.1, 0.15) is 4.88 Å². The molecule has 0 bridgehead atoms. The highest BCUT2D eigenvalue weighted by atomic mass is 35.5. The van der Waals surface area contributed by atoms with Gasteiger partial charge in [0.25, 0.3) is 5.56 Å². The molecule has 0 saturated carbocycles. The van der Waals surface area contributed by atoms with E-state index in [9.17, 15) is 4.79 Å². The number of halogens is 2. The molecule has 2 heterocycles. The van der Waals surface area contributed by atoms with Crippen LogP contribution in [0.25, 0.3) is 0 Å². The first-order valence-corrected chi connectivity index (χ1v) is 7.36. The summed E-state index contributed by atoms with van der Waals surface area (Å²) in [6.07, 6.45) is 7.34. The Morgan fingerprint density at radius 1 is 1.45 bits per heavy atom. The second-order valence-corrected chi connectivity index (χ2v) is 6.12. The van der Waals surface area contributed by atoms with Crippen LogP contribution in [0.3, 0.4) is 0 Å². The second kappa shape index (κ2) is 6.80. The maximum Gasteiger partial charge on any atom is 0.292 e. The number of hydrogen-bond acceptors (Lipinski definition) is 4. The van der Waals surface area contributed by atoms with E-state index in [4.69, 9.17) is 29.6 Å². The number of aromatic nitrogens is 2. The van der Waals surface area contributed by atoms with E-state index in [1.807, 2.05) is 12.1 Å². The molecule has 4 nitrogen and oxygen atoms in total.